The third kappa shape index (κ3) is 2.30. The number of hydrogen-bond acceptors (Lipinski definition) is 6. The maximum absolute atomic E-state index is 4.28. The van der Waals surface area contributed by atoms with Gasteiger partial charge in [0.1, 0.15) is 11.6 Å². The average molecular weight is 219 g/mol. The molecule has 0 bridgehead atoms. The summed E-state index contributed by atoms with van der Waals surface area (Å²) in [6, 6.07) is 1.83. The Hall–Kier alpha value is -2.05. The van der Waals surface area contributed by atoms with Crippen molar-refractivity contribution in [3.8, 4) is 0 Å². The van der Waals surface area contributed by atoms with Gasteiger partial charge >= 0.3 is 0 Å². The molecule has 7 nitrogen and oxygen atoms in total. The Morgan fingerprint density at radius 1 is 1.31 bits per heavy atom. The molecule has 7 heteroatoms. The minimum absolute atomic E-state index is 0.0487. The van der Waals surface area contributed by atoms with Gasteiger partial charge in [-0.3, -0.25) is 0 Å². The molecule has 0 aliphatic carbocycles. The van der Waals surface area contributed by atoms with E-state index in [0.29, 0.717) is 5.82 Å². The minimum Gasteiger partial charge on any atom is -0.360 e. The standard InChI is InChI=1S/C9H13N7/c1-5-4-8(12-7(3)10-5)11-6(2)9-13-15-16-14-9/h4,6H,1-3H3,(H,10,11,12)(H,13,14,15,16). The zero-order valence-electron chi connectivity index (χ0n) is 9.39. The second kappa shape index (κ2) is 4.21. The zero-order chi connectivity index (χ0) is 11.5. The minimum atomic E-state index is -0.0487. The molecule has 0 spiro atoms. The Kier molecular flexibility index (Phi) is 2.76. The second-order valence-corrected chi connectivity index (χ2v) is 3.58. The van der Waals surface area contributed by atoms with E-state index in [1.54, 1.807) is 0 Å². The maximum Gasteiger partial charge on any atom is 0.196 e. The summed E-state index contributed by atoms with van der Waals surface area (Å²) >= 11 is 0. The molecule has 16 heavy (non-hydrogen) atoms. The van der Waals surface area contributed by atoms with Crippen molar-refractivity contribution < 1.29 is 0 Å². The van der Waals surface area contributed by atoms with Gasteiger partial charge in [-0.15, -0.1) is 10.2 Å². The Balaban J connectivity index is 2.15. The van der Waals surface area contributed by atoms with Gasteiger partial charge in [-0.05, 0) is 20.8 Å². The summed E-state index contributed by atoms with van der Waals surface area (Å²) in [7, 11) is 0. The highest BCUT2D eigenvalue weighted by atomic mass is 15.5. The molecule has 2 N–H and O–H groups in total. The molecular formula is C9H13N7. The SMILES string of the molecule is Cc1cc(NC(C)c2nn[nH]n2)nc(C)n1. The van der Waals surface area contributed by atoms with Crippen LogP contribution in [-0.2, 0) is 0 Å². The van der Waals surface area contributed by atoms with Crippen molar-refractivity contribution in [2.45, 2.75) is 26.8 Å². The molecule has 2 aromatic heterocycles. The summed E-state index contributed by atoms with van der Waals surface area (Å²) in [5.41, 5.74) is 0.926. The van der Waals surface area contributed by atoms with Gasteiger partial charge in [0.15, 0.2) is 5.82 Å². The maximum atomic E-state index is 4.28. The molecule has 0 saturated carbocycles. The molecule has 2 rings (SSSR count). The number of nitrogens with one attached hydrogen (secondary N) is 2. The highest BCUT2D eigenvalue weighted by molar-refractivity contribution is 5.37. The third-order valence-corrected chi connectivity index (χ3v) is 2.08. The van der Waals surface area contributed by atoms with Crippen LogP contribution in [0.2, 0.25) is 0 Å². The quantitative estimate of drug-likeness (QED) is 0.792. The Bertz CT molecular complexity index is 444. The van der Waals surface area contributed by atoms with Crippen LogP contribution in [0.15, 0.2) is 6.07 Å². The molecule has 1 unspecified atom stereocenters. The van der Waals surface area contributed by atoms with Gasteiger partial charge in [0, 0.05) is 11.8 Å². The molecule has 0 amide bonds. The van der Waals surface area contributed by atoms with Crippen LogP contribution >= 0.6 is 0 Å². The number of nitrogens with zero attached hydrogens (tertiary/aromatic N) is 5. The molecule has 84 valence electrons. The number of aromatic amines is 1. The molecule has 0 saturated heterocycles. The predicted molar refractivity (Wildman–Crippen MR) is 57.7 cm³/mol. The fourth-order valence-corrected chi connectivity index (χ4v) is 1.43. The zero-order valence-corrected chi connectivity index (χ0v) is 9.39. The lowest BCUT2D eigenvalue weighted by Gasteiger charge is -2.11. The third-order valence-electron chi connectivity index (χ3n) is 2.08. The Morgan fingerprint density at radius 2 is 2.12 bits per heavy atom. The summed E-state index contributed by atoms with van der Waals surface area (Å²) < 4.78 is 0. The van der Waals surface area contributed by atoms with Crippen LogP contribution in [0.5, 0.6) is 0 Å². The van der Waals surface area contributed by atoms with Crippen LogP contribution in [0.4, 0.5) is 5.82 Å². The van der Waals surface area contributed by atoms with Crippen molar-refractivity contribution in [2.24, 2.45) is 0 Å². The first-order chi connectivity index (χ1) is 7.65. The summed E-state index contributed by atoms with van der Waals surface area (Å²) in [6.07, 6.45) is 0. The molecular weight excluding hydrogens is 206 g/mol. The first-order valence-electron chi connectivity index (χ1n) is 4.97. The number of tetrazole rings is 1. The molecule has 0 aliphatic heterocycles. The molecule has 0 aliphatic rings. The molecule has 0 radical (unpaired) electrons. The van der Waals surface area contributed by atoms with E-state index in [1.165, 1.54) is 0 Å². The van der Waals surface area contributed by atoms with Crippen molar-refractivity contribution in [3.63, 3.8) is 0 Å². The van der Waals surface area contributed by atoms with Gasteiger partial charge in [-0.25, -0.2) is 9.97 Å². The van der Waals surface area contributed by atoms with E-state index in [-0.39, 0.29) is 6.04 Å². The Morgan fingerprint density at radius 3 is 2.75 bits per heavy atom. The average Bonchev–Trinajstić information content (AvgIpc) is 2.68. The van der Waals surface area contributed by atoms with Crippen molar-refractivity contribution in [2.75, 3.05) is 5.32 Å². The highest BCUT2D eigenvalue weighted by Crippen LogP contribution is 2.13. The lowest BCUT2D eigenvalue weighted by molar-refractivity contribution is 0.784. The Labute approximate surface area is 92.7 Å². The van der Waals surface area contributed by atoms with Crippen LogP contribution in [-0.4, -0.2) is 30.6 Å². The number of H-pyrrole nitrogens is 1. The van der Waals surface area contributed by atoms with Gasteiger partial charge < -0.3 is 5.32 Å². The first-order valence-corrected chi connectivity index (χ1v) is 4.97. The molecule has 0 aromatic carbocycles. The van der Waals surface area contributed by atoms with E-state index in [2.05, 4.69) is 35.9 Å². The van der Waals surface area contributed by atoms with Crippen molar-refractivity contribution in [1.29, 1.82) is 0 Å². The molecule has 2 heterocycles. The van der Waals surface area contributed by atoms with Gasteiger partial charge in [0.2, 0.25) is 0 Å². The first kappa shape index (κ1) is 10.5. The van der Waals surface area contributed by atoms with Crippen LogP contribution in [0.1, 0.15) is 30.3 Å². The topological polar surface area (TPSA) is 92.3 Å². The van der Waals surface area contributed by atoms with E-state index in [1.807, 2.05) is 26.8 Å². The van der Waals surface area contributed by atoms with Gasteiger partial charge in [-0.2, -0.15) is 5.21 Å². The van der Waals surface area contributed by atoms with Crippen molar-refractivity contribution >= 4 is 5.82 Å². The lowest BCUT2D eigenvalue weighted by atomic mass is 10.3. The van der Waals surface area contributed by atoms with E-state index < -0.39 is 0 Å². The van der Waals surface area contributed by atoms with Crippen LogP contribution in [0, 0.1) is 13.8 Å². The molecule has 0 fully saturated rings. The number of aryl methyl sites for hydroxylation is 2. The summed E-state index contributed by atoms with van der Waals surface area (Å²) in [6.45, 7) is 5.73. The smallest absolute Gasteiger partial charge is 0.196 e. The van der Waals surface area contributed by atoms with E-state index in [9.17, 15) is 0 Å². The summed E-state index contributed by atoms with van der Waals surface area (Å²) in [4.78, 5) is 8.48. The second-order valence-electron chi connectivity index (χ2n) is 3.58. The monoisotopic (exact) mass is 219 g/mol. The van der Waals surface area contributed by atoms with E-state index in [4.69, 9.17) is 0 Å². The number of aromatic nitrogens is 6. The van der Waals surface area contributed by atoms with Gasteiger partial charge in [0.05, 0.1) is 6.04 Å². The van der Waals surface area contributed by atoms with Gasteiger partial charge in [0.25, 0.3) is 0 Å². The van der Waals surface area contributed by atoms with E-state index in [0.717, 1.165) is 17.3 Å². The fourth-order valence-electron chi connectivity index (χ4n) is 1.43. The predicted octanol–water partition coefficient (Wildman–Crippen LogP) is 0.780. The molecule has 1 atom stereocenters. The van der Waals surface area contributed by atoms with Crippen LogP contribution in [0.3, 0.4) is 0 Å². The number of anilines is 1. The highest BCUT2D eigenvalue weighted by Gasteiger charge is 2.10. The lowest BCUT2D eigenvalue weighted by Crippen LogP contribution is -2.10. The fraction of sp³-hybridized carbons (Fsp3) is 0.444. The normalized spacial score (nSPS) is 12.4. The van der Waals surface area contributed by atoms with Gasteiger partial charge in [-0.1, -0.05) is 5.21 Å². The van der Waals surface area contributed by atoms with E-state index >= 15 is 0 Å². The van der Waals surface area contributed by atoms with Crippen molar-refractivity contribution in [1.82, 2.24) is 30.6 Å². The van der Waals surface area contributed by atoms with Crippen LogP contribution in [0.25, 0.3) is 0 Å². The number of rotatable bonds is 3. The molecule has 2 aromatic rings. The van der Waals surface area contributed by atoms with Crippen molar-refractivity contribution in [3.05, 3.63) is 23.4 Å². The van der Waals surface area contributed by atoms with Crippen LogP contribution < -0.4 is 5.32 Å². The largest absolute Gasteiger partial charge is 0.360 e. The summed E-state index contributed by atoms with van der Waals surface area (Å²) in [5.74, 6) is 2.11. The number of hydrogen-bond donors (Lipinski definition) is 2. The summed E-state index contributed by atoms with van der Waals surface area (Å²) in [5, 5.41) is 16.9.